The minimum absolute atomic E-state index is 0.356. The highest BCUT2D eigenvalue weighted by Crippen LogP contribution is 2.34. The molecule has 0 atom stereocenters. The summed E-state index contributed by atoms with van der Waals surface area (Å²) in [4.78, 5) is 12.2. The summed E-state index contributed by atoms with van der Waals surface area (Å²) in [6, 6.07) is 17.9. The minimum atomic E-state index is -0.388. The maximum atomic E-state index is 12.2. The summed E-state index contributed by atoms with van der Waals surface area (Å²) in [6.07, 6.45) is 1.53. The monoisotopic (exact) mass is 554 g/mol. The van der Waals surface area contributed by atoms with E-state index in [2.05, 4.69) is 33.1 Å². The summed E-state index contributed by atoms with van der Waals surface area (Å²) in [5, 5.41) is 5.05. The number of hydrogen-bond donors (Lipinski definition) is 1. The summed E-state index contributed by atoms with van der Waals surface area (Å²) in [7, 11) is 1.57. The van der Waals surface area contributed by atoms with Crippen LogP contribution in [0.2, 0.25) is 10.0 Å². The molecule has 3 aromatic carbocycles. The highest BCUT2D eigenvalue weighted by atomic mass is 127. The van der Waals surface area contributed by atoms with Gasteiger partial charge in [-0.3, -0.25) is 4.79 Å². The van der Waals surface area contributed by atoms with Gasteiger partial charge in [-0.1, -0.05) is 47.5 Å². The lowest BCUT2D eigenvalue weighted by molar-refractivity contribution is 0.0955. The van der Waals surface area contributed by atoms with Crippen LogP contribution in [0.25, 0.3) is 0 Å². The summed E-state index contributed by atoms with van der Waals surface area (Å²) >= 11 is 14.1. The zero-order valence-electron chi connectivity index (χ0n) is 15.9. The molecule has 1 amide bonds. The topological polar surface area (TPSA) is 59.9 Å². The first kappa shape index (κ1) is 22.4. The summed E-state index contributed by atoms with van der Waals surface area (Å²) in [5.41, 5.74) is 4.56. The Labute approximate surface area is 198 Å². The Morgan fingerprint density at radius 3 is 2.57 bits per heavy atom. The van der Waals surface area contributed by atoms with Gasteiger partial charge in [0, 0.05) is 5.02 Å². The van der Waals surface area contributed by atoms with Gasteiger partial charge in [0.25, 0.3) is 5.91 Å². The highest BCUT2D eigenvalue weighted by Gasteiger charge is 2.12. The van der Waals surface area contributed by atoms with Crippen molar-refractivity contribution in [3.8, 4) is 11.5 Å². The van der Waals surface area contributed by atoms with Crippen LogP contribution in [-0.4, -0.2) is 19.2 Å². The van der Waals surface area contributed by atoms with Crippen LogP contribution in [0.15, 0.2) is 65.8 Å². The predicted octanol–water partition coefficient (Wildman–Crippen LogP) is 5.95. The Balaban J connectivity index is 1.70. The molecule has 0 heterocycles. The van der Waals surface area contributed by atoms with E-state index in [0.717, 1.165) is 14.7 Å². The van der Waals surface area contributed by atoms with E-state index < -0.39 is 0 Å². The Morgan fingerprint density at radius 2 is 1.87 bits per heavy atom. The number of halogens is 3. The zero-order chi connectivity index (χ0) is 21.5. The standard InChI is InChI=1S/C22H17Cl2IN2O3/c1-29-20-11-15(12-26-27-22(28)17-4-2-3-5-18(17)24)10-19(25)21(20)30-13-14-6-8-16(23)9-7-14/h2-12H,13H2,1H3,(H,27,28)/b26-12-. The van der Waals surface area contributed by atoms with Crippen molar-refractivity contribution in [1.82, 2.24) is 5.43 Å². The number of rotatable bonds is 7. The molecule has 0 spiro atoms. The smallest absolute Gasteiger partial charge is 0.272 e. The van der Waals surface area contributed by atoms with Crippen molar-refractivity contribution >= 4 is 57.9 Å². The van der Waals surface area contributed by atoms with E-state index in [1.807, 2.05) is 30.3 Å². The van der Waals surface area contributed by atoms with Crippen LogP contribution in [0.3, 0.4) is 0 Å². The normalized spacial score (nSPS) is 10.8. The zero-order valence-corrected chi connectivity index (χ0v) is 19.5. The number of carbonyl (C=O) groups excluding carboxylic acids is 1. The van der Waals surface area contributed by atoms with Gasteiger partial charge in [0.1, 0.15) is 6.61 Å². The molecule has 5 nitrogen and oxygen atoms in total. The largest absolute Gasteiger partial charge is 0.493 e. The van der Waals surface area contributed by atoms with Crippen molar-refractivity contribution in [2.75, 3.05) is 7.11 Å². The lowest BCUT2D eigenvalue weighted by atomic mass is 10.2. The van der Waals surface area contributed by atoms with Crippen LogP contribution in [0.1, 0.15) is 21.5 Å². The average Bonchev–Trinajstić information content (AvgIpc) is 2.74. The first-order chi connectivity index (χ1) is 14.5. The van der Waals surface area contributed by atoms with Crippen LogP contribution in [0.5, 0.6) is 11.5 Å². The van der Waals surface area contributed by atoms with Gasteiger partial charge in [0.05, 0.1) is 27.5 Å². The Hall–Kier alpha value is -2.29. The fourth-order valence-corrected chi connectivity index (χ4v) is 3.69. The van der Waals surface area contributed by atoms with E-state index >= 15 is 0 Å². The van der Waals surface area contributed by atoms with Crippen LogP contribution in [-0.2, 0) is 6.61 Å². The molecule has 0 fully saturated rings. The van der Waals surface area contributed by atoms with Crippen molar-refractivity contribution in [2.45, 2.75) is 6.61 Å². The molecule has 0 aromatic heterocycles. The van der Waals surface area contributed by atoms with Gasteiger partial charge in [0.2, 0.25) is 0 Å². The van der Waals surface area contributed by atoms with Crippen LogP contribution < -0.4 is 14.9 Å². The first-order valence-corrected chi connectivity index (χ1v) is 10.6. The number of methoxy groups -OCH3 is 1. The SMILES string of the molecule is COc1cc(/C=N\NC(=O)c2ccccc2Cl)cc(I)c1OCc1ccc(Cl)cc1. The Morgan fingerprint density at radius 1 is 1.13 bits per heavy atom. The molecule has 0 unspecified atom stereocenters. The molecule has 0 bridgehead atoms. The Kier molecular flexibility index (Phi) is 7.95. The molecule has 8 heteroatoms. The number of nitrogens with zero attached hydrogens (tertiary/aromatic N) is 1. The summed E-state index contributed by atoms with van der Waals surface area (Å²) < 4.78 is 12.3. The number of hydrogen-bond acceptors (Lipinski definition) is 4. The van der Waals surface area contributed by atoms with Crippen molar-refractivity contribution in [1.29, 1.82) is 0 Å². The van der Waals surface area contributed by atoms with Gasteiger partial charge in [0.15, 0.2) is 11.5 Å². The third-order valence-corrected chi connectivity index (χ3v) is 5.43. The molecule has 3 rings (SSSR count). The van der Waals surface area contributed by atoms with Crippen molar-refractivity contribution < 1.29 is 14.3 Å². The number of hydrazone groups is 1. The molecule has 30 heavy (non-hydrogen) atoms. The predicted molar refractivity (Wildman–Crippen MR) is 128 cm³/mol. The van der Waals surface area contributed by atoms with E-state index in [-0.39, 0.29) is 5.91 Å². The van der Waals surface area contributed by atoms with Crippen LogP contribution in [0.4, 0.5) is 0 Å². The molecule has 0 radical (unpaired) electrons. The third-order valence-electron chi connectivity index (χ3n) is 4.05. The van der Waals surface area contributed by atoms with Crippen molar-refractivity contribution in [3.05, 3.63) is 91.0 Å². The Bertz CT molecular complexity index is 1070. The summed E-state index contributed by atoms with van der Waals surface area (Å²) in [6.45, 7) is 0.380. The van der Waals surface area contributed by atoms with Crippen molar-refractivity contribution in [3.63, 3.8) is 0 Å². The van der Waals surface area contributed by atoms with Gasteiger partial charge in [-0.25, -0.2) is 5.43 Å². The third kappa shape index (κ3) is 5.87. The second-order valence-corrected chi connectivity index (χ2v) is 8.13. The molecule has 0 aliphatic heterocycles. The lowest BCUT2D eigenvalue weighted by Crippen LogP contribution is -2.17. The average molecular weight is 555 g/mol. The molecule has 0 aliphatic rings. The molecule has 0 saturated carbocycles. The van der Waals surface area contributed by atoms with E-state index in [1.54, 1.807) is 37.4 Å². The maximum Gasteiger partial charge on any atom is 0.272 e. The highest BCUT2D eigenvalue weighted by molar-refractivity contribution is 14.1. The maximum absolute atomic E-state index is 12.2. The van der Waals surface area contributed by atoms with Crippen LogP contribution >= 0.6 is 45.8 Å². The molecular formula is C22H17Cl2IN2O3. The fourth-order valence-electron chi connectivity index (χ4n) is 2.56. The first-order valence-electron chi connectivity index (χ1n) is 8.80. The second-order valence-electron chi connectivity index (χ2n) is 6.13. The van der Waals surface area contributed by atoms with E-state index in [4.69, 9.17) is 32.7 Å². The van der Waals surface area contributed by atoms with Gasteiger partial charge in [-0.2, -0.15) is 5.10 Å². The molecule has 1 N–H and O–H groups in total. The second kappa shape index (κ2) is 10.7. The number of nitrogens with one attached hydrogen (secondary N) is 1. The van der Waals surface area contributed by atoms with Gasteiger partial charge in [-0.05, 0) is 70.1 Å². The lowest BCUT2D eigenvalue weighted by Gasteiger charge is -2.13. The van der Waals surface area contributed by atoms with Crippen molar-refractivity contribution in [2.24, 2.45) is 5.10 Å². The minimum Gasteiger partial charge on any atom is -0.493 e. The number of ether oxygens (including phenoxy) is 2. The number of benzene rings is 3. The van der Waals surface area contributed by atoms with Gasteiger partial charge >= 0.3 is 0 Å². The molecule has 154 valence electrons. The molecule has 0 aliphatic carbocycles. The van der Waals surface area contributed by atoms with Gasteiger partial charge < -0.3 is 9.47 Å². The summed E-state index contributed by atoms with van der Waals surface area (Å²) in [5.74, 6) is 0.807. The number of carbonyl (C=O) groups is 1. The molecule has 3 aromatic rings. The van der Waals surface area contributed by atoms with Crippen LogP contribution in [0, 0.1) is 3.57 Å². The fraction of sp³-hybridized carbons (Fsp3) is 0.0909. The molecular weight excluding hydrogens is 538 g/mol. The molecule has 0 saturated heterocycles. The van der Waals surface area contributed by atoms with E-state index in [1.165, 1.54) is 6.21 Å². The van der Waals surface area contributed by atoms with Gasteiger partial charge in [-0.15, -0.1) is 0 Å². The van der Waals surface area contributed by atoms with E-state index in [0.29, 0.717) is 33.7 Å². The number of amides is 1. The quantitative estimate of drug-likeness (QED) is 0.223. The van der Waals surface area contributed by atoms with E-state index in [9.17, 15) is 4.79 Å².